The Bertz CT molecular complexity index is 922. The van der Waals surface area contributed by atoms with Crippen LogP contribution in [0.4, 0.5) is 0 Å². The number of halogens is 2. The van der Waals surface area contributed by atoms with Crippen LogP contribution in [-0.4, -0.2) is 67.2 Å². The minimum Gasteiger partial charge on any atom is -0.477 e. The molecule has 1 saturated heterocycles. The number of hydrogen-bond acceptors (Lipinski definition) is 6. The molecule has 8 nitrogen and oxygen atoms in total. The fourth-order valence-corrected chi connectivity index (χ4v) is 6.19. The lowest BCUT2D eigenvalue weighted by molar-refractivity contribution is -0.131. The maximum absolute atomic E-state index is 12.8. The van der Waals surface area contributed by atoms with Crippen LogP contribution in [0.5, 0.6) is 0 Å². The lowest BCUT2D eigenvalue weighted by Gasteiger charge is -2.45. The lowest BCUT2D eigenvalue weighted by Crippen LogP contribution is -2.60. The van der Waals surface area contributed by atoms with E-state index >= 15 is 0 Å². The molecule has 0 spiro atoms. The first-order chi connectivity index (χ1) is 14.0. The average Bonchev–Trinajstić information content (AvgIpc) is 3.19. The van der Waals surface area contributed by atoms with Crippen LogP contribution in [0.2, 0.25) is 10.0 Å². The van der Waals surface area contributed by atoms with Crippen LogP contribution in [0, 0.1) is 12.8 Å². The summed E-state index contributed by atoms with van der Waals surface area (Å²) in [5.41, 5.74) is 0.833. The van der Waals surface area contributed by atoms with Crippen molar-refractivity contribution in [2.75, 3.05) is 25.1 Å². The average molecular weight is 495 g/mol. The van der Waals surface area contributed by atoms with Crippen LogP contribution in [0.25, 0.3) is 0 Å². The Morgan fingerprint density at radius 3 is 2.67 bits per heavy atom. The SMILES string of the molecule is Cc1[nH]c(C(=O)NC2CCN(C3(C)NC=C(C(=O)O)S3)CC2CS(C)=O)c(Cl)c1Cl. The molecule has 0 bridgehead atoms. The highest BCUT2D eigenvalue weighted by Gasteiger charge is 2.43. The number of carboxylic acid groups (broad SMARTS) is 1. The zero-order valence-electron chi connectivity index (χ0n) is 16.8. The van der Waals surface area contributed by atoms with E-state index in [1.54, 1.807) is 13.2 Å². The summed E-state index contributed by atoms with van der Waals surface area (Å²) in [5, 5.41) is 15.9. The van der Waals surface area contributed by atoms with E-state index in [0.717, 1.165) is 0 Å². The molecule has 4 N–H and O–H groups in total. The number of piperidine rings is 1. The van der Waals surface area contributed by atoms with Crippen molar-refractivity contribution >= 4 is 57.6 Å². The Morgan fingerprint density at radius 2 is 2.13 bits per heavy atom. The Balaban J connectivity index is 1.72. The summed E-state index contributed by atoms with van der Waals surface area (Å²) in [7, 11) is -1.06. The van der Waals surface area contributed by atoms with E-state index in [-0.39, 0.29) is 33.5 Å². The first-order valence-corrected chi connectivity index (χ1v) is 12.6. The Morgan fingerprint density at radius 1 is 1.43 bits per heavy atom. The Labute approximate surface area is 191 Å². The van der Waals surface area contributed by atoms with Gasteiger partial charge in [-0.1, -0.05) is 35.0 Å². The Hall–Kier alpha value is -1.20. The van der Waals surface area contributed by atoms with Gasteiger partial charge in [-0.05, 0) is 20.3 Å². The van der Waals surface area contributed by atoms with Gasteiger partial charge in [-0.15, -0.1) is 0 Å². The zero-order chi connectivity index (χ0) is 22.2. The molecular weight excluding hydrogens is 471 g/mol. The molecule has 1 fully saturated rings. The van der Waals surface area contributed by atoms with E-state index in [1.807, 2.05) is 6.92 Å². The summed E-state index contributed by atoms with van der Waals surface area (Å²) < 4.78 is 12.0. The number of aromatic nitrogens is 1. The summed E-state index contributed by atoms with van der Waals surface area (Å²) in [6, 6.07) is -0.196. The van der Waals surface area contributed by atoms with Crippen LogP contribution in [0.3, 0.4) is 0 Å². The number of thioether (sulfide) groups is 1. The maximum atomic E-state index is 12.8. The van der Waals surface area contributed by atoms with Crippen LogP contribution < -0.4 is 10.6 Å². The number of hydrogen-bond donors (Lipinski definition) is 4. The van der Waals surface area contributed by atoms with Crippen molar-refractivity contribution in [1.29, 1.82) is 0 Å². The van der Waals surface area contributed by atoms with Crippen molar-refractivity contribution in [2.24, 2.45) is 5.92 Å². The summed E-state index contributed by atoms with van der Waals surface area (Å²) in [4.78, 5) is 28.8. The third kappa shape index (κ3) is 4.83. The van der Waals surface area contributed by atoms with Gasteiger partial charge in [-0.25, -0.2) is 4.79 Å². The first-order valence-electron chi connectivity index (χ1n) is 9.31. The number of carboxylic acids is 1. The normalized spacial score (nSPS) is 28.0. The van der Waals surface area contributed by atoms with E-state index in [9.17, 15) is 18.9 Å². The predicted molar refractivity (Wildman–Crippen MR) is 120 cm³/mol. The molecule has 166 valence electrons. The van der Waals surface area contributed by atoms with Gasteiger partial charge in [-0.2, -0.15) is 0 Å². The van der Waals surface area contributed by atoms with Gasteiger partial charge in [0, 0.05) is 59.8 Å². The van der Waals surface area contributed by atoms with Gasteiger partial charge in [0.15, 0.2) is 0 Å². The molecule has 1 amide bonds. The van der Waals surface area contributed by atoms with Crippen LogP contribution in [0.15, 0.2) is 11.1 Å². The van der Waals surface area contributed by atoms with Crippen molar-refractivity contribution in [1.82, 2.24) is 20.5 Å². The zero-order valence-corrected chi connectivity index (χ0v) is 19.9. The van der Waals surface area contributed by atoms with Gasteiger partial charge in [0.25, 0.3) is 5.91 Å². The van der Waals surface area contributed by atoms with Gasteiger partial charge in [0.05, 0.1) is 10.0 Å². The third-order valence-electron chi connectivity index (χ3n) is 5.37. The van der Waals surface area contributed by atoms with Gasteiger partial charge < -0.3 is 20.7 Å². The third-order valence-corrected chi connectivity index (χ3v) is 8.50. The second kappa shape index (κ2) is 9.12. The number of nitrogens with one attached hydrogen (secondary N) is 3. The van der Waals surface area contributed by atoms with E-state index in [4.69, 9.17) is 23.2 Å². The van der Waals surface area contributed by atoms with Crippen molar-refractivity contribution in [3.8, 4) is 0 Å². The molecule has 3 rings (SSSR count). The number of carbonyl (C=O) groups is 2. The second-order valence-electron chi connectivity index (χ2n) is 7.61. The smallest absolute Gasteiger partial charge is 0.343 e. The standard InChI is InChI=1S/C18H24Cl2N4O4S2/c1-9-13(19)14(20)15(22-9)16(25)23-11-4-5-24(7-10(11)8-30(3)28)18(2)21-6-12(29-18)17(26)27/h6,10-11,21-22H,4-5,7-8H2,1-3H3,(H,23,25)(H,26,27). The molecule has 1 aromatic heterocycles. The summed E-state index contributed by atoms with van der Waals surface area (Å²) in [5.74, 6) is -0.984. The molecule has 4 atom stereocenters. The van der Waals surface area contributed by atoms with Crippen molar-refractivity contribution < 1.29 is 18.9 Å². The Kier molecular flexibility index (Phi) is 7.13. The van der Waals surface area contributed by atoms with Crippen LogP contribution >= 0.6 is 35.0 Å². The monoisotopic (exact) mass is 494 g/mol. The molecule has 0 radical (unpaired) electrons. The molecule has 0 saturated carbocycles. The highest BCUT2D eigenvalue weighted by molar-refractivity contribution is 8.05. The quantitative estimate of drug-likeness (QED) is 0.479. The molecule has 0 aliphatic carbocycles. The number of aryl methyl sites for hydroxylation is 1. The minimum atomic E-state index is -1.06. The second-order valence-corrected chi connectivity index (χ2v) is 11.3. The number of amides is 1. The fourth-order valence-electron chi connectivity index (χ4n) is 3.78. The molecule has 12 heteroatoms. The topological polar surface area (TPSA) is 115 Å². The van der Waals surface area contributed by atoms with E-state index < -0.39 is 21.8 Å². The minimum absolute atomic E-state index is 0.0769. The van der Waals surface area contributed by atoms with Crippen molar-refractivity contribution in [3.05, 3.63) is 32.5 Å². The highest BCUT2D eigenvalue weighted by atomic mass is 35.5. The summed E-state index contributed by atoms with van der Waals surface area (Å²) in [6.07, 6.45) is 3.77. The van der Waals surface area contributed by atoms with E-state index in [1.165, 1.54) is 18.0 Å². The first kappa shape index (κ1) is 23.5. The summed E-state index contributed by atoms with van der Waals surface area (Å²) in [6.45, 7) is 4.85. The molecule has 0 aromatic carbocycles. The molecule has 3 heterocycles. The van der Waals surface area contributed by atoms with Crippen molar-refractivity contribution in [2.45, 2.75) is 31.3 Å². The maximum Gasteiger partial charge on any atom is 0.343 e. The molecule has 2 aliphatic heterocycles. The molecule has 4 unspecified atom stereocenters. The predicted octanol–water partition coefficient (Wildman–Crippen LogP) is 2.36. The van der Waals surface area contributed by atoms with Crippen LogP contribution in [0.1, 0.15) is 29.5 Å². The van der Waals surface area contributed by atoms with E-state index in [2.05, 4.69) is 20.5 Å². The van der Waals surface area contributed by atoms with Crippen molar-refractivity contribution in [3.63, 3.8) is 0 Å². The number of rotatable bonds is 6. The lowest BCUT2D eigenvalue weighted by atomic mass is 9.93. The number of aromatic amines is 1. The van der Waals surface area contributed by atoms with Gasteiger partial charge in [0.2, 0.25) is 0 Å². The van der Waals surface area contributed by atoms with E-state index in [0.29, 0.717) is 36.0 Å². The fraction of sp³-hybridized carbons (Fsp3) is 0.556. The number of aliphatic carboxylic acids is 1. The van der Waals surface area contributed by atoms with Crippen LogP contribution in [-0.2, 0) is 15.6 Å². The number of likely N-dealkylation sites (tertiary alicyclic amines) is 1. The van der Waals surface area contributed by atoms with Gasteiger partial charge in [0.1, 0.15) is 15.6 Å². The number of nitrogens with zero attached hydrogens (tertiary/aromatic N) is 1. The molecule has 2 aliphatic rings. The number of carbonyl (C=O) groups excluding carboxylic acids is 1. The molecule has 1 aromatic rings. The molecular formula is C18H24Cl2N4O4S2. The van der Waals surface area contributed by atoms with Gasteiger partial charge in [-0.3, -0.25) is 13.9 Å². The highest BCUT2D eigenvalue weighted by Crippen LogP contribution is 2.40. The number of H-pyrrole nitrogens is 1. The molecule has 30 heavy (non-hydrogen) atoms. The van der Waals surface area contributed by atoms with Gasteiger partial charge >= 0.3 is 5.97 Å². The largest absolute Gasteiger partial charge is 0.477 e. The summed E-state index contributed by atoms with van der Waals surface area (Å²) >= 11 is 13.5.